The van der Waals surface area contributed by atoms with Gasteiger partial charge in [0.1, 0.15) is 11.4 Å². The lowest BCUT2D eigenvalue weighted by Crippen LogP contribution is -2.24. The van der Waals surface area contributed by atoms with Gasteiger partial charge in [-0.25, -0.2) is 9.97 Å². The minimum Gasteiger partial charge on any atom is -0.485 e. The van der Waals surface area contributed by atoms with Gasteiger partial charge in [0.2, 0.25) is 5.91 Å². The van der Waals surface area contributed by atoms with Crippen molar-refractivity contribution in [3.8, 4) is 5.75 Å². The Hall–Kier alpha value is -3.59. The number of thiophene rings is 1. The molecule has 33 heavy (non-hydrogen) atoms. The second-order valence-electron chi connectivity index (χ2n) is 7.93. The molecule has 0 saturated carbocycles. The summed E-state index contributed by atoms with van der Waals surface area (Å²) in [4.78, 5) is 40.5. The Bertz CT molecular complexity index is 1350. The van der Waals surface area contributed by atoms with Crippen molar-refractivity contribution < 1.29 is 9.53 Å². The van der Waals surface area contributed by atoms with E-state index >= 15 is 0 Å². The van der Waals surface area contributed by atoms with E-state index in [0.717, 1.165) is 47.0 Å². The Morgan fingerprint density at radius 1 is 1.12 bits per heavy atom. The maximum absolute atomic E-state index is 13.1. The van der Waals surface area contributed by atoms with Gasteiger partial charge in [0.25, 0.3) is 5.56 Å². The molecule has 0 unspecified atom stereocenters. The van der Waals surface area contributed by atoms with Crippen LogP contribution in [0, 0.1) is 0 Å². The molecule has 1 amide bonds. The highest BCUT2D eigenvalue weighted by Gasteiger charge is 2.20. The molecule has 0 bridgehead atoms. The molecule has 1 N–H and O–H groups in total. The highest BCUT2D eigenvalue weighted by atomic mass is 32.1. The molecule has 0 spiro atoms. The topological polar surface area (TPSA) is 99.0 Å². The smallest absolute Gasteiger partial charge is 0.262 e. The zero-order chi connectivity index (χ0) is 22.6. The summed E-state index contributed by atoms with van der Waals surface area (Å²) in [7, 11) is 0. The van der Waals surface area contributed by atoms with Crippen molar-refractivity contribution in [1.29, 1.82) is 0 Å². The van der Waals surface area contributed by atoms with E-state index in [1.54, 1.807) is 48.4 Å². The van der Waals surface area contributed by atoms with Crippen LogP contribution >= 0.6 is 11.3 Å². The zero-order valence-electron chi connectivity index (χ0n) is 18.0. The highest BCUT2D eigenvalue weighted by molar-refractivity contribution is 7.18. The van der Waals surface area contributed by atoms with Crippen molar-refractivity contribution in [2.24, 2.45) is 0 Å². The van der Waals surface area contributed by atoms with Crippen LogP contribution in [0.5, 0.6) is 5.75 Å². The monoisotopic (exact) mass is 461 g/mol. The number of aromatic nitrogens is 4. The van der Waals surface area contributed by atoms with E-state index in [1.807, 2.05) is 12.1 Å². The number of pyridine rings is 2. The average molecular weight is 462 g/mol. The summed E-state index contributed by atoms with van der Waals surface area (Å²) in [5.41, 5.74) is 2.05. The van der Waals surface area contributed by atoms with Gasteiger partial charge in [-0.05, 0) is 61.1 Å². The summed E-state index contributed by atoms with van der Waals surface area (Å²) >= 11 is 1.62. The van der Waals surface area contributed by atoms with Crippen LogP contribution in [0.15, 0.2) is 54.0 Å². The van der Waals surface area contributed by atoms with Crippen molar-refractivity contribution in [1.82, 2.24) is 19.5 Å². The molecule has 9 heteroatoms. The van der Waals surface area contributed by atoms with Crippen LogP contribution in [0.2, 0.25) is 0 Å². The highest BCUT2D eigenvalue weighted by Crippen LogP contribution is 2.33. The van der Waals surface area contributed by atoms with Crippen molar-refractivity contribution >= 4 is 33.3 Å². The molecular weight excluding hydrogens is 438 g/mol. The summed E-state index contributed by atoms with van der Waals surface area (Å²) in [6, 6.07) is 7.23. The summed E-state index contributed by atoms with van der Waals surface area (Å²) in [5.74, 6) is 0.582. The van der Waals surface area contributed by atoms with Gasteiger partial charge in [-0.3, -0.25) is 19.1 Å². The fraction of sp³-hybridized carbons (Fsp3) is 0.292. The first-order valence-corrected chi connectivity index (χ1v) is 11.8. The number of amides is 1. The maximum atomic E-state index is 13.1. The van der Waals surface area contributed by atoms with Gasteiger partial charge >= 0.3 is 0 Å². The van der Waals surface area contributed by atoms with E-state index in [-0.39, 0.29) is 24.4 Å². The minimum absolute atomic E-state index is 0.0635. The molecule has 0 aliphatic heterocycles. The third kappa shape index (κ3) is 4.63. The number of anilines is 1. The summed E-state index contributed by atoms with van der Waals surface area (Å²) < 4.78 is 7.36. The van der Waals surface area contributed by atoms with Crippen molar-refractivity contribution in [3.63, 3.8) is 0 Å². The van der Waals surface area contributed by atoms with E-state index in [0.29, 0.717) is 18.2 Å². The van der Waals surface area contributed by atoms with Crippen LogP contribution in [-0.2, 0) is 30.8 Å². The quantitative estimate of drug-likeness (QED) is 0.450. The van der Waals surface area contributed by atoms with Crippen molar-refractivity contribution in [2.75, 3.05) is 5.32 Å². The predicted octanol–water partition coefficient (Wildman–Crippen LogP) is 3.73. The van der Waals surface area contributed by atoms with E-state index in [4.69, 9.17) is 4.74 Å². The Labute approximate surface area is 194 Å². The molecule has 4 heterocycles. The number of hydrogen-bond donors (Lipinski definition) is 1. The Balaban J connectivity index is 1.25. The van der Waals surface area contributed by atoms with Gasteiger partial charge < -0.3 is 10.1 Å². The average Bonchev–Trinajstić information content (AvgIpc) is 3.23. The number of aryl methyl sites for hydroxylation is 3. The van der Waals surface area contributed by atoms with Gasteiger partial charge in [-0.2, -0.15) is 0 Å². The summed E-state index contributed by atoms with van der Waals surface area (Å²) in [6.07, 6.45) is 10.9. The number of rotatable bonds is 7. The Morgan fingerprint density at radius 3 is 2.85 bits per heavy atom. The third-order valence-corrected chi connectivity index (χ3v) is 6.89. The van der Waals surface area contributed by atoms with Crippen molar-refractivity contribution in [2.45, 2.75) is 45.3 Å². The van der Waals surface area contributed by atoms with Gasteiger partial charge in [0, 0.05) is 36.4 Å². The molecule has 168 valence electrons. The SMILES string of the molecule is O=C(CCn1cnc2sc3c(c2c1=O)CCCC3)Nc1ncccc1OCc1ccncc1. The first kappa shape index (κ1) is 21.3. The molecule has 0 fully saturated rings. The van der Waals surface area contributed by atoms with E-state index < -0.39 is 0 Å². The first-order chi connectivity index (χ1) is 16.2. The molecule has 1 aliphatic carbocycles. The number of carbonyl (C=O) groups is 1. The maximum Gasteiger partial charge on any atom is 0.262 e. The summed E-state index contributed by atoms with van der Waals surface area (Å²) in [5, 5.41) is 3.53. The van der Waals surface area contributed by atoms with Gasteiger partial charge in [0.05, 0.1) is 11.7 Å². The molecule has 1 aliphatic rings. The van der Waals surface area contributed by atoms with Crippen LogP contribution in [0.4, 0.5) is 5.82 Å². The lowest BCUT2D eigenvalue weighted by atomic mass is 9.97. The van der Waals surface area contributed by atoms with Crippen LogP contribution in [0.25, 0.3) is 10.2 Å². The van der Waals surface area contributed by atoms with E-state index in [1.165, 1.54) is 9.44 Å². The number of nitrogens with one attached hydrogen (secondary N) is 1. The molecular formula is C24H23N5O3S. The molecule has 0 atom stereocenters. The largest absolute Gasteiger partial charge is 0.485 e. The van der Waals surface area contributed by atoms with E-state index in [2.05, 4.69) is 20.3 Å². The third-order valence-electron chi connectivity index (χ3n) is 5.69. The number of fused-ring (bicyclic) bond motifs is 3. The van der Waals surface area contributed by atoms with Gasteiger partial charge in [-0.15, -0.1) is 11.3 Å². The number of carbonyl (C=O) groups excluding carboxylic acids is 1. The van der Waals surface area contributed by atoms with Gasteiger partial charge in [-0.1, -0.05) is 0 Å². The van der Waals surface area contributed by atoms with E-state index in [9.17, 15) is 9.59 Å². The lowest BCUT2D eigenvalue weighted by molar-refractivity contribution is -0.116. The second kappa shape index (κ2) is 9.50. The molecule has 0 aromatic carbocycles. The summed E-state index contributed by atoms with van der Waals surface area (Å²) in [6.45, 7) is 0.585. The van der Waals surface area contributed by atoms with Crippen LogP contribution in [0.1, 0.15) is 35.3 Å². The molecule has 4 aromatic heterocycles. The molecule has 4 aromatic rings. The molecule has 0 radical (unpaired) electrons. The normalized spacial score (nSPS) is 13.0. The zero-order valence-corrected chi connectivity index (χ0v) is 18.8. The predicted molar refractivity (Wildman–Crippen MR) is 127 cm³/mol. The number of ether oxygens (including phenoxy) is 1. The minimum atomic E-state index is -0.248. The molecule has 8 nitrogen and oxygen atoms in total. The van der Waals surface area contributed by atoms with Crippen LogP contribution in [0.3, 0.4) is 0 Å². The number of nitrogens with zero attached hydrogens (tertiary/aromatic N) is 4. The van der Waals surface area contributed by atoms with Gasteiger partial charge in [0.15, 0.2) is 11.6 Å². The first-order valence-electron chi connectivity index (χ1n) is 11.0. The lowest BCUT2D eigenvalue weighted by Gasteiger charge is -2.12. The number of hydrogen-bond acceptors (Lipinski definition) is 7. The Morgan fingerprint density at radius 2 is 1.97 bits per heavy atom. The van der Waals surface area contributed by atoms with Crippen LogP contribution in [-0.4, -0.2) is 25.4 Å². The molecule has 5 rings (SSSR count). The second-order valence-corrected chi connectivity index (χ2v) is 9.01. The standard InChI is InChI=1S/C24H23N5O3S/c30-20(28-22-18(5-3-10-26-22)32-14-16-7-11-25-12-8-16)9-13-29-15-27-23-21(24(29)31)17-4-1-2-6-19(17)33-23/h3,5,7-8,10-12,15H,1-2,4,6,9,13-14H2,(H,26,28,30). The van der Waals surface area contributed by atoms with Crippen molar-refractivity contribution in [3.05, 3.63) is 75.5 Å². The fourth-order valence-corrected chi connectivity index (χ4v) is 5.22. The van der Waals surface area contributed by atoms with Crippen LogP contribution < -0.4 is 15.6 Å². The Kier molecular flexibility index (Phi) is 6.12. The fourth-order valence-electron chi connectivity index (χ4n) is 4.00. The molecule has 0 saturated heterocycles.